The van der Waals surface area contributed by atoms with Crippen molar-refractivity contribution in [1.29, 1.82) is 0 Å². The Morgan fingerprint density at radius 3 is 2.43 bits per heavy atom. The van der Waals surface area contributed by atoms with Crippen LogP contribution in [0.3, 0.4) is 0 Å². The summed E-state index contributed by atoms with van der Waals surface area (Å²) < 4.78 is 25.6. The van der Waals surface area contributed by atoms with Crippen LogP contribution in [-0.2, 0) is 0 Å². The van der Waals surface area contributed by atoms with E-state index in [9.17, 15) is 8.78 Å². The molecule has 0 saturated heterocycles. The number of rotatable bonds is 4. The van der Waals surface area contributed by atoms with Crippen LogP contribution in [0, 0.1) is 11.6 Å². The van der Waals surface area contributed by atoms with Gasteiger partial charge in [-0.25, -0.2) is 8.78 Å². The number of nitrogens with one attached hydrogen (secondary N) is 1. The Morgan fingerprint density at radius 2 is 1.93 bits per heavy atom. The summed E-state index contributed by atoms with van der Waals surface area (Å²) in [5.74, 6) is -1.10. The Balaban J connectivity index is 2.78. The van der Waals surface area contributed by atoms with E-state index in [2.05, 4.69) is 11.9 Å². The van der Waals surface area contributed by atoms with E-state index >= 15 is 0 Å². The summed E-state index contributed by atoms with van der Waals surface area (Å²) in [7, 11) is 0. The van der Waals surface area contributed by atoms with Gasteiger partial charge in [-0.2, -0.15) is 0 Å². The molecular formula is C11H13F2N. The zero-order chi connectivity index (χ0) is 10.6. The fraction of sp³-hybridized carbons (Fsp3) is 0.273. The molecule has 0 saturated carbocycles. The topological polar surface area (TPSA) is 12.0 Å². The van der Waals surface area contributed by atoms with E-state index in [1.54, 1.807) is 6.08 Å². The van der Waals surface area contributed by atoms with Crippen LogP contribution in [0.5, 0.6) is 0 Å². The fourth-order valence-electron chi connectivity index (χ4n) is 1.20. The maximum atomic E-state index is 12.8. The quantitative estimate of drug-likeness (QED) is 0.732. The molecule has 1 aromatic rings. The van der Waals surface area contributed by atoms with Gasteiger partial charge in [-0.3, -0.25) is 0 Å². The minimum atomic E-state index is -0.549. The van der Waals surface area contributed by atoms with Crippen LogP contribution in [-0.4, -0.2) is 6.54 Å². The molecule has 0 heterocycles. The molecule has 76 valence electrons. The Morgan fingerprint density at radius 1 is 1.36 bits per heavy atom. The smallest absolute Gasteiger partial charge is 0.126 e. The summed E-state index contributed by atoms with van der Waals surface area (Å²) in [5.41, 5.74) is 0.601. The lowest BCUT2D eigenvalue weighted by Gasteiger charge is -2.12. The van der Waals surface area contributed by atoms with Crippen LogP contribution in [0.1, 0.15) is 18.5 Å². The first-order chi connectivity index (χ1) is 6.63. The summed E-state index contributed by atoms with van der Waals surface area (Å²) in [4.78, 5) is 0. The van der Waals surface area contributed by atoms with E-state index in [0.717, 1.165) is 6.07 Å². The monoisotopic (exact) mass is 197 g/mol. The molecule has 0 aromatic heterocycles. The van der Waals surface area contributed by atoms with E-state index in [1.165, 1.54) is 12.1 Å². The minimum Gasteiger partial charge on any atom is -0.307 e. The molecule has 0 aliphatic heterocycles. The number of hydrogen-bond acceptors (Lipinski definition) is 1. The van der Waals surface area contributed by atoms with Crippen molar-refractivity contribution in [2.24, 2.45) is 0 Å². The van der Waals surface area contributed by atoms with Gasteiger partial charge < -0.3 is 5.32 Å². The highest BCUT2D eigenvalue weighted by Crippen LogP contribution is 2.15. The van der Waals surface area contributed by atoms with Crippen LogP contribution < -0.4 is 5.32 Å². The second-order valence-corrected chi connectivity index (χ2v) is 3.12. The van der Waals surface area contributed by atoms with Crippen LogP contribution in [0.15, 0.2) is 30.9 Å². The molecule has 0 aliphatic rings. The lowest BCUT2D eigenvalue weighted by Crippen LogP contribution is -2.18. The Bertz CT molecular complexity index is 303. The molecule has 1 N–H and O–H groups in total. The minimum absolute atomic E-state index is 0.0850. The Kier molecular flexibility index (Phi) is 3.77. The molecule has 1 nitrogen and oxygen atoms in total. The summed E-state index contributed by atoms with van der Waals surface area (Å²) in [5, 5.41) is 3.05. The van der Waals surface area contributed by atoms with Gasteiger partial charge in [0.1, 0.15) is 11.6 Å². The molecule has 1 rings (SSSR count). The van der Waals surface area contributed by atoms with Gasteiger partial charge in [-0.1, -0.05) is 6.08 Å². The molecule has 0 fully saturated rings. The van der Waals surface area contributed by atoms with Gasteiger partial charge in [0, 0.05) is 18.7 Å². The van der Waals surface area contributed by atoms with Crippen LogP contribution >= 0.6 is 0 Å². The van der Waals surface area contributed by atoms with Gasteiger partial charge in [0.25, 0.3) is 0 Å². The first kappa shape index (κ1) is 10.9. The lowest BCUT2D eigenvalue weighted by atomic mass is 10.1. The van der Waals surface area contributed by atoms with Gasteiger partial charge in [0.2, 0.25) is 0 Å². The molecule has 14 heavy (non-hydrogen) atoms. The van der Waals surface area contributed by atoms with E-state index in [1.807, 2.05) is 6.92 Å². The molecule has 0 aliphatic carbocycles. The van der Waals surface area contributed by atoms with Gasteiger partial charge in [-0.05, 0) is 24.6 Å². The Labute approximate surface area is 82.4 Å². The summed E-state index contributed by atoms with van der Waals surface area (Å²) in [6.45, 7) is 6.01. The molecule has 3 heteroatoms. The highest BCUT2D eigenvalue weighted by molar-refractivity contribution is 5.20. The Hall–Kier alpha value is -1.22. The van der Waals surface area contributed by atoms with Gasteiger partial charge >= 0.3 is 0 Å². The molecule has 1 atom stereocenters. The van der Waals surface area contributed by atoms with Crippen molar-refractivity contribution < 1.29 is 8.78 Å². The van der Waals surface area contributed by atoms with Crippen LogP contribution in [0.2, 0.25) is 0 Å². The molecule has 0 amide bonds. The van der Waals surface area contributed by atoms with Crippen molar-refractivity contribution in [2.45, 2.75) is 13.0 Å². The third kappa shape index (κ3) is 2.92. The first-order valence-electron chi connectivity index (χ1n) is 4.43. The normalized spacial score (nSPS) is 12.5. The molecule has 0 spiro atoms. The fourth-order valence-corrected chi connectivity index (χ4v) is 1.20. The highest BCUT2D eigenvalue weighted by Gasteiger charge is 2.06. The lowest BCUT2D eigenvalue weighted by molar-refractivity contribution is 0.560. The second kappa shape index (κ2) is 4.86. The van der Waals surface area contributed by atoms with Gasteiger partial charge in [-0.15, -0.1) is 6.58 Å². The molecule has 0 bridgehead atoms. The maximum absolute atomic E-state index is 12.8. The van der Waals surface area contributed by atoms with Crippen molar-refractivity contribution in [3.05, 3.63) is 48.1 Å². The summed E-state index contributed by atoms with van der Waals surface area (Å²) in [6.07, 6.45) is 1.70. The number of hydrogen-bond donors (Lipinski definition) is 1. The average Bonchev–Trinajstić information content (AvgIpc) is 2.12. The standard InChI is InChI=1S/C11H13F2N/c1-3-4-14-8(2)9-5-10(12)7-11(13)6-9/h3,5-8,14H,1,4H2,2H3/t8-/m1/s1. The third-order valence-corrected chi connectivity index (χ3v) is 1.95. The van der Waals surface area contributed by atoms with Crippen molar-refractivity contribution in [1.82, 2.24) is 5.32 Å². The predicted octanol–water partition coefficient (Wildman–Crippen LogP) is 2.80. The third-order valence-electron chi connectivity index (χ3n) is 1.95. The maximum Gasteiger partial charge on any atom is 0.126 e. The van der Waals surface area contributed by atoms with Gasteiger partial charge in [0.05, 0.1) is 0 Å². The van der Waals surface area contributed by atoms with Crippen molar-refractivity contribution >= 4 is 0 Å². The largest absolute Gasteiger partial charge is 0.307 e. The number of halogens is 2. The highest BCUT2D eigenvalue weighted by atomic mass is 19.1. The molecular weight excluding hydrogens is 184 g/mol. The van der Waals surface area contributed by atoms with E-state index < -0.39 is 11.6 Å². The van der Waals surface area contributed by atoms with E-state index in [0.29, 0.717) is 12.1 Å². The van der Waals surface area contributed by atoms with Crippen molar-refractivity contribution in [2.75, 3.05) is 6.54 Å². The van der Waals surface area contributed by atoms with Crippen LogP contribution in [0.4, 0.5) is 8.78 Å². The summed E-state index contributed by atoms with van der Waals surface area (Å²) >= 11 is 0. The van der Waals surface area contributed by atoms with Crippen LogP contribution in [0.25, 0.3) is 0 Å². The second-order valence-electron chi connectivity index (χ2n) is 3.12. The predicted molar refractivity (Wildman–Crippen MR) is 53.0 cm³/mol. The zero-order valence-electron chi connectivity index (χ0n) is 8.06. The number of benzene rings is 1. The van der Waals surface area contributed by atoms with Gasteiger partial charge in [0.15, 0.2) is 0 Å². The van der Waals surface area contributed by atoms with Crippen molar-refractivity contribution in [3.8, 4) is 0 Å². The summed E-state index contributed by atoms with van der Waals surface area (Å²) in [6, 6.07) is 3.43. The molecule has 0 unspecified atom stereocenters. The van der Waals surface area contributed by atoms with E-state index in [4.69, 9.17) is 0 Å². The molecule has 1 aromatic carbocycles. The average molecular weight is 197 g/mol. The van der Waals surface area contributed by atoms with Crippen molar-refractivity contribution in [3.63, 3.8) is 0 Å². The van der Waals surface area contributed by atoms with E-state index in [-0.39, 0.29) is 6.04 Å². The first-order valence-corrected chi connectivity index (χ1v) is 4.43. The zero-order valence-corrected chi connectivity index (χ0v) is 8.06. The molecule has 0 radical (unpaired) electrons. The SMILES string of the molecule is C=CCN[C@H](C)c1cc(F)cc(F)c1.